The summed E-state index contributed by atoms with van der Waals surface area (Å²) in [7, 11) is -4.53. The zero-order chi connectivity index (χ0) is 26.9. The van der Waals surface area contributed by atoms with E-state index in [0.29, 0.717) is 38.5 Å². The average Bonchev–Trinajstić information content (AvgIpc) is 3.27. The van der Waals surface area contributed by atoms with E-state index in [2.05, 4.69) is 10.6 Å². The van der Waals surface area contributed by atoms with E-state index in [-0.39, 0.29) is 24.8 Å². The number of rotatable bonds is 15. The van der Waals surface area contributed by atoms with Crippen LogP contribution in [0.25, 0.3) is 0 Å². The second kappa shape index (κ2) is 14.1. The smallest absolute Gasteiger partial charge is 0.350 e. The number of nitrogens with zero attached hydrogens (tertiary/aromatic N) is 1. The molecule has 0 bridgehead atoms. The minimum Gasteiger partial charge on any atom is -0.480 e. The van der Waals surface area contributed by atoms with Crippen molar-refractivity contribution >= 4 is 31.3 Å². The number of carboxylic acid groups (broad SMARTS) is 1. The van der Waals surface area contributed by atoms with Crippen molar-refractivity contribution in [2.24, 2.45) is 5.92 Å². The second-order valence-electron chi connectivity index (χ2n) is 9.84. The lowest BCUT2D eigenvalue weighted by molar-refractivity contribution is -0.151. The lowest BCUT2D eigenvalue weighted by Gasteiger charge is -2.31. The Morgan fingerprint density at radius 3 is 2.22 bits per heavy atom. The number of nitrogens with one attached hydrogen (secondary N) is 2. The number of unbranched alkanes of at least 4 members (excludes halogenated alkanes) is 2. The molecule has 0 aromatic heterocycles. The van der Waals surface area contributed by atoms with Gasteiger partial charge in [0, 0.05) is 12.5 Å². The van der Waals surface area contributed by atoms with Crippen LogP contribution in [-0.2, 0) is 28.3 Å². The van der Waals surface area contributed by atoms with Gasteiger partial charge in [0.05, 0.1) is 0 Å². The fourth-order valence-corrected chi connectivity index (χ4v) is 5.97. The molecule has 1 heterocycles. The first-order chi connectivity index (χ1) is 17.0. The van der Waals surface area contributed by atoms with E-state index in [1.54, 1.807) is 0 Å². The maximum Gasteiger partial charge on any atom is 0.350 e. The average molecular weight is 532 g/mol. The predicted molar refractivity (Wildman–Crippen MR) is 133 cm³/mol. The topological polar surface area (TPSA) is 162 Å². The molecule has 5 atom stereocenters. The zero-order valence-electron chi connectivity index (χ0n) is 21.6. The molecular weight excluding hydrogens is 489 g/mol. The number of likely N-dealkylation sites (tertiary alicyclic amines) is 1. The van der Waals surface area contributed by atoms with Crippen molar-refractivity contribution in [1.82, 2.24) is 15.5 Å². The van der Waals surface area contributed by atoms with Gasteiger partial charge in [-0.25, -0.2) is 4.79 Å². The Hall–Kier alpha value is -1.97. The van der Waals surface area contributed by atoms with Gasteiger partial charge in [-0.15, -0.1) is 0 Å². The van der Waals surface area contributed by atoms with Crippen LogP contribution in [0.2, 0.25) is 0 Å². The third kappa shape index (κ3) is 8.28. The first-order valence-electron chi connectivity index (χ1n) is 13.2. The third-order valence-corrected chi connectivity index (χ3v) is 8.76. The number of aliphatic carboxylic acids is 1. The summed E-state index contributed by atoms with van der Waals surface area (Å²) in [5.74, 6) is -3.90. The molecule has 1 aliphatic heterocycles. The molecule has 1 saturated heterocycles. The molecule has 2 fully saturated rings. The van der Waals surface area contributed by atoms with E-state index in [1.165, 1.54) is 6.92 Å². The largest absolute Gasteiger partial charge is 0.480 e. The SMILES string of the molecule is CCCCC(NC(=O)[C@H](CCCC)NC(=O)C1CCC1)P(=O)(O)O[C@@H](C)C(=O)N1CCC[C@H]1C(=O)O. The minimum absolute atomic E-state index is 0.0998. The number of hydrogen-bond acceptors (Lipinski definition) is 6. The van der Waals surface area contributed by atoms with Crippen molar-refractivity contribution in [2.45, 2.75) is 115 Å². The van der Waals surface area contributed by atoms with E-state index >= 15 is 0 Å². The molecule has 0 aromatic carbocycles. The molecule has 0 spiro atoms. The van der Waals surface area contributed by atoms with Gasteiger partial charge in [0.2, 0.25) is 11.8 Å². The van der Waals surface area contributed by atoms with Crippen LogP contribution < -0.4 is 10.6 Å². The molecular formula is C24H42N3O8P. The standard InChI is InChI=1S/C24H42N3O8P/c1-4-6-12-18(25-21(28)17-10-8-11-17)22(29)26-20(14-7-5-2)36(33,34)35-16(3)23(30)27-15-9-13-19(27)24(31)32/h16-20H,4-15H2,1-3H3,(H,25,28)(H,26,29)(H,31,32)(H,33,34)/t16-,18-,19-,20?/m0/s1. The highest BCUT2D eigenvalue weighted by Crippen LogP contribution is 2.49. The first-order valence-corrected chi connectivity index (χ1v) is 14.8. The fourth-order valence-electron chi connectivity index (χ4n) is 4.48. The second-order valence-corrected chi connectivity index (χ2v) is 11.8. The maximum atomic E-state index is 13.3. The maximum absolute atomic E-state index is 13.3. The molecule has 3 amide bonds. The van der Waals surface area contributed by atoms with Crippen LogP contribution >= 0.6 is 7.60 Å². The zero-order valence-corrected chi connectivity index (χ0v) is 22.5. The summed E-state index contributed by atoms with van der Waals surface area (Å²) in [6.45, 7) is 5.41. The Kier molecular flexibility index (Phi) is 11.8. The molecule has 11 nitrogen and oxygen atoms in total. The Bertz CT molecular complexity index is 834. The number of hydrogen-bond donors (Lipinski definition) is 4. The van der Waals surface area contributed by atoms with Crippen LogP contribution in [0.4, 0.5) is 0 Å². The molecule has 0 aromatic rings. The van der Waals surface area contributed by atoms with Gasteiger partial charge in [-0.1, -0.05) is 46.0 Å². The van der Waals surface area contributed by atoms with Gasteiger partial charge in [0.1, 0.15) is 24.0 Å². The summed E-state index contributed by atoms with van der Waals surface area (Å²) < 4.78 is 18.6. The van der Waals surface area contributed by atoms with Crippen LogP contribution in [0.15, 0.2) is 0 Å². The summed E-state index contributed by atoms with van der Waals surface area (Å²) in [6.07, 6.45) is 5.32. The molecule has 36 heavy (non-hydrogen) atoms. The molecule has 4 N–H and O–H groups in total. The van der Waals surface area contributed by atoms with Crippen LogP contribution in [-0.4, -0.2) is 69.1 Å². The van der Waals surface area contributed by atoms with Crippen molar-refractivity contribution in [3.8, 4) is 0 Å². The van der Waals surface area contributed by atoms with Gasteiger partial charge in [-0.3, -0.25) is 23.5 Å². The number of carbonyl (C=O) groups is 4. The van der Waals surface area contributed by atoms with E-state index in [0.717, 1.165) is 30.6 Å². The van der Waals surface area contributed by atoms with Crippen molar-refractivity contribution in [2.75, 3.05) is 6.54 Å². The Balaban J connectivity index is 2.10. The van der Waals surface area contributed by atoms with Crippen molar-refractivity contribution in [3.05, 3.63) is 0 Å². The predicted octanol–water partition coefficient (Wildman–Crippen LogP) is 2.76. The molecule has 12 heteroatoms. The molecule has 2 rings (SSSR count). The highest BCUT2D eigenvalue weighted by Gasteiger charge is 2.42. The summed E-state index contributed by atoms with van der Waals surface area (Å²) in [6, 6.07) is -1.82. The molecule has 0 radical (unpaired) electrons. The third-order valence-electron chi connectivity index (χ3n) is 6.97. The molecule has 206 valence electrons. The quantitative estimate of drug-likeness (QED) is 0.235. The van der Waals surface area contributed by atoms with Gasteiger partial charge in [-0.05, 0) is 45.4 Å². The van der Waals surface area contributed by atoms with Crippen LogP contribution in [0, 0.1) is 5.92 Å². The summed E-state index contributed by atoms with van der Waals surface area (Å²) in [5.41, 5.74) is 0. The number of amides is 3. The first kappa shape index (κ1) is 30.3. The van der Waals surface area contributed by atoms with Crippen LogP contribution in [0.1, 0.15) is 91.4 Å². The van der Waals surface area contributed by atoms with E-state index in [1.807, 2.05) is 13.8 Å². The van der Waals surface area contributed by atoms with Crippen LogP contribution in [0.5, 0.6) is 0 Å². The van der Waals surface area contributed by atoms with E-state index in [4.69, 9.17) is 4.52 Å². The number of carboxylic acids is 1. The fraction of sp³-hybridized carbons (Fsp3) is 0.833. The van der Waals surface area contributed by atoms with E-state index < -0.39 is 49.4 Å². The van der Waals surface area contributed by atoms with E-state index in [9.17, 15) is 33.7 Å². The van der Waals surface area contributed by atoms with Crippen molar-refractivity contribution < 1.29 is 38.3 Å². The van der Waals surface area contributed by atoms with Crippen LogP contribution in [0.3, 0.4) is 0 Å². The normalized spacial score (nSPS) is 22.1. The molecule has 2 aliphatic rings. The summed E-state index contributed by atoms with van der Waals surface area (Å²) in [5, 5.41) is 14.8. The number of carbonyl (C=O) groups excluding carboxylic acids is 3. The van der Waals surface area contributed by atoms with Gasteiger partial charge in [0.25, 0.3) is 5.91 Å². The highest BCUT2D eigenvalue weighted by molar-refractivity contribution is 7.53. The summed E-state index contributed by atoms with van der Waals surface area (Å²) >= 11 is 0. The van der Waals surface area contributed by atoms with Crippen molar-refractivity contribution in [3.63, 3.8) is 0 Å². The molecule has 1 saturated carbocycles. The minimum atomic E-state index is -4.53. The van der Waals surface area contributed by atoms with Gasteiger partial charge in [0.15, 0.2) is 0 Å². The Labute approximate surface area is 213 Å². The van der Waals surface area contributed by atoms with Gasteiger partial charge in [-0.2, -0.15) is 0 Å². The lowest BCUT2D eigenvalue weighted by atomic mass is 9.84. The Morgan fingerprint density at radius 2 is 1.67 bits per heavy atom. The van der Waals surface area contributed by atoms with Gasteiger partial charge < -0.3 is 25.5 Å². The molecule has 1 aliphatic carbocycles. The molecule has 2 unspecified atom stereocenters. The monoisotopic (exact) mass is 531 g/mol. The highest BCUT2D eigenvalue weighted by atomic mass is 31.2. The lowest BCUT2D eigenvalue weighted by Crippen LogP contribution is -2.51. The summed E-state index contributed by atoms with van der Waals surface area (Å²) in [4.78, 5) is 61.8. The van der Waals surface area contributed by atoms with Crippen molar-refractivity contribution in [1.29, 1.82) is 0 Å². The Morgan fingerprint density at radius 1 is 1.03 bits per heavy atom. The van der Waals surface area contributed by atoms with Gasteiger partial charge >= 0.3 is 13.6 Å².